The van der Waals surface area contributed by atoms with Gasteiger partial charge in [-0.1, -0.05) is 23.8 Å². The van der Waals surface area contributed by atoms with E-state index < -0.39 is 5.97 Å². The Bertz CT molecular complexity index is 468. The van der Waals surface area contributed by atoms with Gasteiger partial charge in [-0.2, -0.15) is 0 Å². The minimum absolute atomic E-state index is 0.362. The Labute approximate surface area is 112 Å². The maximum atomic E-state index is 12.2. The lowest BCUT2D eigenvalue weighted by atomic mass is 10.2. The number of amides is 2. The molecule has 102 valence electrons. The fraction of sp³-hybridized carbons (Fsp3) is 0.286. The molecule has 0 fully saturated rings. The van der Waals surface area contributed by atoms with E-state index in [1.165, 1.54) is 9.80 Å². The lowest BCUT2D eigenvalue weighted by Gasteiger charge is -2.26. The number of anilines is 1. The zero-order chi connectivity index (χ0) is 14.4. The second-order valence-electron chi connectivity index (χ2n) is 4.27. The van der Waals surface area contributed by atoms with Gasteiger partial charge in [0.1, 0.15) is 6.54 Å². The summed E-state index contributed by atoms with van der Waals surface area (Å²) < 4.78 is 0. The first kappa shape index (κ1) is 14.8. The molecule has 0 saturated carbocycles. The highest BCUT2D eigenvalue weighted by atomic mass is 16.4. The topological polar surface area (TPSA) is 60.9 Å². The molecule has 0 atom stereocenters. The van der Waals surface area contributed by atoms with Crippen molar-refractivity contribution in [2.75, 3.05) is 25.0 Å². The van der Waals surface area contributed by atoms with Crippen molar-refractivity contribution < 1.29 is 14.7 Å². The molecule has 5 nitrogen and oxygen atoms in total. The third kappa shape index (κ3) is 4.13. The largest absolute Gasteiger partial charge is 0.480 e. The number of nitrogens with zero attached hydrogens (tertiary/aromatic N) is 2. The van der Waals surface area contributed by atoms with Gasteiger partial charge in [0.15, 0.2) is 0 Å². The molecule has 0 aromatic heterocycles. The zero-order valence-corrected chi connectivity index (χ0v) is 11.2. The summed E-state index contributed by atoms with van der Waals surface area (Å²) in [5.41, 5.74) is 1.61. The van der Waals surface area contributed by atoms with E-state index in [0.29, 0.717) is 12.2 Å². The number of carbonyl (C=O) groups excluding carboxylic acids is 1. The van der Waals surface area contributed by atoms with E-state index in [-0.39, 0.29) is 12.6 Å². The van der Waals surface area contributed by atoms with Crippen LogP contribution in [0.4, 0.5) is 10.5 Å². The minimum atomic E-state index is -1.05. The van der Waals surface area contributed by atoms with E-state index in [9.17, 15) is 9.59 Å². The summed E-state index contributed by atoms with van der Waals surface area (Å²) >= 11 is 0. The average molecular weight is 262 g/mol. The molecule has 0 radical (unpaired) electrons. The van der Waals surface area contributed by atoms with Crippen LogP contribution in [0.5, 0.6) is 0 Å². The summed E-state index contributed by atoms with van der Waals surface area (Å²) in [6.45, 7) is 5.48. The average Bonchev–Trinajstić information content (AvgIpc) is 2.36. The summed E-state index contributed by atoms with van der Waals surface area (Å²) in [4.78, 5) is 25.7. The van der Waals surface area contributed by atoms with Gasteiger partial charge in [0.05, 0.1) is 0 Å². The van der Waals surface area contributed by atoms with Crippen LogP contribution in [0.3, 0.4) is 0 Å². The van der Waals surface area contributed by atoms with E-state index in [2.05, 4.69) is 6.58 Å². The van der Waals surface area contributed by atoms with Crippen LogP contribution < -0.4 is 4.90 Å². The number of carboxylic acids is 1. The number of hydrogen-bond donors (Lipinski definition) is 1. The van der Waals surface area contributed by atoms with Crippen LogP contribution in [0.2, 0.25) is 0 Å². The number of aliphatic carboxylic acids is 1. The van der Waals surface area contributed by atoms with Crippen molar-refractivity contribution >= 4 is 17.7 Å². The van der Waals surface area contributed by atoms with E-state index in [0.717, 1.165) is 5.56 Å². The van der Waals surface area contributed by atoms with Gasteiger partial charge in [0, 0.05) is 19.3 Å². The highest BCUT2D eigenvalue weighted by molar-refractivity contribution is 5.96. The number of likely N-dealkylation sites (N-methyl/N-ethyl adjacent to an activating group) is 1. The van der Waals surface area contributed by atoms with Gasteiger partial charge in [-0.25, -0.2) is 4.79 Å². The van der Waals surface area contributed by atoms with E-state index in [1.807, 2.05) is 19.1 Å². The molecule has 1 N–H and O–H groups in total. The first-order chi connectivity index (χ1) is 8.95. The van der Waals surface area contributed by atoms with Crippen LogP contribution >= 0.6 is 0 Å². The maximum absolute atomic E-state index is 12.2. The summed E-state index contributed by atoms with van der Waals surface area (Å²) in [5, 5.41) is 8.93. The van der Waals surface area contributed by atoms with E-state index in [4.69, 9.17) is 5.11 Å². The smallest absolute Gasteiger partial charge is 0.325 e. The van der Waals surface area contributed by atoms with Gasteiger partial charge in [-0.15, -0.1) is 6.58 Å². The van der Waals surface area contributed by atoms with E-state index in [1.54, 1.807) is 25.3 Å². The molecule has 1 rings (SSSR count). The van der Waals surface area contributed by atoms with Gasteiger partial charge in [-0.3, -0.25) is 9.69 Å². The third-order valence-corrected chi connectivity index (χ3v) is 2.60. The zero-order valence-electron chi connectivity index (χ0n) is 11.2. The number of hydrogen-bond acceptors (Lipinski definition) is 2. The second kappa shape index (κ2) is 6.58. The number of benzene rings is 1. The van der Waals surface area contributed by atoms with Crippen molar-refractivity contribution in [3.63, 3.8) is 0 Å². The van der Waals surface area contributed by atoms with Crippen molar-refractivity contribution in [1.29, 1.82) is 0 Å². The molecule has 0 aliphatic carbocycles. The number of aryl methyl sites for hydroxylation is 1. The van der Waals surface area contributed by atoms with Crippen molar-refractivity contribution in [2.24, 2.45) is 0 Å². The summed E-state index contributed by atoms with van der Waals surface area (Å²) in [6, 6.07) is 6.78. The Morgan fingerprint density at radius 2 is 1.89 bits per heavy atom. The molecule has 0 bridgehead atoms. The van der Waals surface area contributed by atoms with E-state index >= 15 is 0 Å². The normalized spacial score (nSPS) is 9.79. The quantitative estimate of drug-likeness (QED) is 0.827. The number of carboxylic acid groups (broad SMARTS) is 1. The predicted molar refractivity (Wildman–Crippen MR) is 74.4 cm³/mol. The first-order valence-corrected chi connectivity index (χ1v) is 5.87. The summed E-state index contributed by atoms with van der Waals surface area (Å²) in [7, 11) is 1.60. The monoisotopic (exact) mass is 262 g/mol. The molecular formula is C14H18N2O3. The molecule has 0 spiro atoms. The molecular weight excluding hydrogens is 244 g/mol. The Balaban J connectivity index is 3.00. The SMILES string of the molecule is C=CCN(C)C(=O)N(CC(=O)O)c1ccc(C)cc1. The predicted octanol–water partition coefficient (Wildman–Crippen LogP) is 2.12. The molecule has 5 heteroatoms. The fourth-order valence-corrected chi connectivity index (χ4v) is 1.61. The van der Waals surface area contributed by atoms with Gasteiger partial charge < -0.3 is 10.0 Å². The minimum Gasteiger partial charge on any atom is -0.480 e. The summed E-state index contributed by atoms with van der Waals surface area (Å²) in [6.07, 6.45) is 1.59. The van der Waals surface area contributed by atoms with Crippen LogP contribution in [0.25, 0.3) is 0 Å². The number of urea groups is 1. The van der Waals surface area contributed by atoms with Crippen LogP contribution in [-0.2, 0) is 4.79 Å². The molecule has 0 saturated heterocycles. The molecule has 0 aliphatic heterocycles. The van der Waals surface area contributed by atoms with Crippen LogP contribution in [0, 0.1) is 6.92 Å². The Morgan fingerprint density at radius 1 is 1.32 bits per heavy atom. The van der Waals surface area contributed by atoms with Gasteiger partial charge in [-0.05, 0) is 19.1 Å². The van der Waals surface area contributed by atoms with Crippen molar-refractivity contribution in [1.82, 2.24) is 4.90 Å². The lowest BCUT2D eigenvalue weighted by molar-refractivity contribution is -0.135. The van der Waals surface area contributed by atoms with Crippen LogP contribution in [0.15, 0.2) is 36.9 Å². The Morgan fingerprint density at radius 3 is 2.37 bits per heavy atom. The van der Waals surface area contributed by atoms with Crippen LogP contribution in [-0.4, -0.2) is 42.1 Å². The molecule has 1 aromatic carbocycles. The summed E-state index contributed by atoms with van der Waals surface area (Å²) in [5.74, 6) is -1.05. The van der Waals surface area contributed by atoms with Crippen molar-refractivity contribution in [3.05, 3.63) is 42.5 Å². The van der Waals surface area contributed by atoms with Crippen molar-refractivity contribution in [3.8, 4) is 0 Å². The maximum Gasteiger partial charge on any atom is 0.325 e. The second-order valence-corrected chi connectivity index (χ2v) is 4.27. The van der Waals surface area contributed by atoms with Gasteiger partial charge in [0.25, 0.3) is 0 Å². The molecule has 0 aliphatic rings. The van der Waals surface area contributed by atoms with Crippen molar-refractivity contribution in [2.45, 2.75) is 6.92 Å². The van der Waals surface area contributed by atoms with Gasteiger partial charge in [0.2, 0.25) is 0 Å². The van der Waals surface area contributed by atoms with Gasteiger partial charge >= 0.3 is 12.0 Å². The molecule has 1 aromatic rings. The van der Waals surface area contributed by atoms with Crippen LogP contribution in [0.1, 0.15) is 5.56 Å². The molecule has 2 amide bonds. The fourth-order valence-electron chi connectivity index (χ4n) is 1.61. The highest BCUT2D eigenvalue weighted by Gasteiger charge is 2.21. The number of rotatable bonds is 5. The molecule has 0 heterocycles. The Hall–Kier alpha value is -2.30. The third-order valence-electron chi connectivity index (χ3n) is 2.60. The standard InChI is InChI=1S/C14H18N2O3/c1-4-9-15(3)14(19)16(10-13(17)18)12-7-5-11(2)6-8-12/h4-8H,1,9-10H2,2-3H3,(H,17,18). The first-order valence-electron chi connectivity index (χ1n) is 5.87. The Kier molecular flexibility index (Phi) is 5.11. The lowest BCUT2D eigenvalue weighted by Crippen LogP contribution is -2.44. The highest BCUT2D eigenvalue weighted by Crippen LogP contribution is 2.16. The molecule has 19 heavy (non-hydrogen) atoms. The molecule has 0 unspecified atom stereocenters. The number of carbonyl (C=O) groups is 2.